The summed E-state index contributed by atoms with van der Waals surface area (Å²) < 4.78 is 11.3. The Kier molecular flexibility index (Phi) is 6.27. The van der Waals surface area contributed by atoms with Crippen molar-refractivity contribution in [1.82, 2.24) is 0 Å². The van der Waals surface area contributed by atoms with E-state index in [0.717, 1.165) is 24.8 Å². The predicted molar refractivity (Wildman–Crippen MR) is 137 cm³/mol. The normalized spacial score (nSPS) is 15.1. The molecule has 1 N–H and O–H groups in total. The Hall–Kier alpha value is -4.06. The number of amides is 2. The average molecular weight is 469 g/mol. The Bertz CT molecular complexity index is 1290. The summed E-state index contributed by atoms with van der Waals surface area (Å²) in [4.78, 5) is 28.5. The topological polar surface area (TPSA) is 67.9 Å². The van der Waals surface area contributed by atoms with E-state index in [0.29, 0.717) is 47.2 Å². The molecule has 2 aliphatic heterocycles. The molecule has 0 aliphatic carbocycles. The zero-order chi connectivity index (χ0) is 24.4. The Morgan fingerprint density at radius 3 is 2.29 bits per heavy atom. The molecule has 0 aromatic heterocycles. The largest absolute Gasteiger partial charge is 0.486 e. The van der Waals surface area contributed by atoms with Crippen molar-refractivity contribution in [2.75, 3.05) is 23.4 Å². The molecule has 0 atom stereocenters. The van der Waals surface area contributed by atoms with Crippen LogP contribution in [0.5, 0.6) is 11.5 Å². The summed E-state index contributed by atoms with van der Waals surface area (Å²) in [5, 5.41) is 3.21. The summed E-state index contributed by atoms with van der Waals surface area (Å²) >= 11 is 0. The summed E-state index contributed by atoms with van der Waals surface area (Å²) in [5.41, 5.74) is 4.75. The van der Waals surface area contributed by atoms with Crippen LogP contribution in [0.2, 0.25) is 0 Å². The van der Waals surface area contributed by atoms with E-state index >= 15 is 0 Å². The lowest BCUT2D eigenvalue weighted by Gasteiger charge is -2.19. The molecule has 2 amide bonds. The lowest BCUT2D eigenvalue weighted by atomic mass is 10.0. The minimum absolute atomic E-state index is 0.241. The Balaban J connectivity index is 1.51. The maximum absolute atomic E-state index is 13.7. The van der Waals surface area contributed by atoms with Gasteiger partial charge in [-0.15, -0.1) is 0 Å². The van der Waals surface area contributed by atoms with Crippen LogP contribution in [0.25, 0.3) is 5.57 Å². The molecule has 0 saturated carbocycles. The van der Waals surface area contributed by atoms with Crippen LogP contribution in [-0.2, 0) is 16.0 Å². The molecule has 0 radical (unpaired) electrons. The number of carbonyl (C=O) groups is 2. The smallest absolute Gasteiger partial charge is 0.282 e. The molecule has 0 bridgehead atoms. The monoisotopic (exact) mass is 468 g/mol. The van der Waals surface area contributed by atoms with E-state index in [1.165, 1.54) is 10.5 Å². The number of nitrogens with one attached hydrogen (secondary N) is 1. The molecule has 2 aliphatic rings. The number of rotatable bonds is 7. The highest BCUT2D eigenvalue weighted by molar-refractivity contribution is 6.46. The summed E-state index contributed by atoms with van der Waals surface area (Å²) in [7, 11) is 0. The van der Waals surface area contributed by atoms with Crippen molar-refractivity contribution in [2.24, 2.45) is 0 Å². The number of aryl methyl sites for hydroxylation is 2. The molecular formula is C29H28N2O4. The number of benzene rings is 3. The third-order valence-corrected chi connectivity index (χ3v) is 6.25. The number of hydrogen-bond donors (Lipinski definition) is 1. The van der Waals surface area contributed by atoms with Crippen LogP contribution < -0.4 is 19.7 Å². The highest BCUT2D eigenvalue weighted by Crippen LogP contribution is 2.37. The van der Waals surface area contributed by atoms with Crippen molar-refractivity contribution in [3.63, 3.8) is 0 Å². The van der Waals surface area contributed by atoms with Gasteiger partial charge in [-0.1, -0.05) is 55.3 Å². The van der Waals surface area contributed by atoms with Gasteiger partial charge in [0, 0.05) is 11.8 Å². The lowest BCUT2D eigenvalue weighted by Crippen LogP contribution is -2.32. The number of nitrogens with zero attached hydrogens (tertiary/aromatic N) is 1. The zero-order valence-corrected chi connectivity index (χ0v) is 20.0. The number of unbranched alkanes of at least 4 members (excludes halogenated alkanes) is 1. The van der Waals surface area contributed by atoms with Crippen molar-refractivity contribution in [2.45, 2.75) is 33.1 Å². The third kappa shape index (κ3) is 4.52. The van der Waals surface area contributed by atoms with Crippen LogP contribution in [0.4, 0.5) is 11.4 Å². The Morgan fingerprint density at radius 2 is 1.57 bits per heavy atom. The van der Waals surface area contributed by atoms with E-state index in [9.17, 15) is 9.59 Å². The second-order valence-corrected chi connectivity index (χ2v) is 8.82. The molecule has 0 fully saturated rings. The van der Waals surface area contributed by atoms with Crippen molar-refractivity contribution in [3.8, 4) is 11.5 Å². The number of fused-ring (bicyclic) bond motifs is 1. The Labute approximate surface area is 205 Å². The minimum atomic E-state index is -0.387. The number of ether oxygens (including phenoxy) is 2. The van der Waals surface area contributed by atoms with Gasteiger partial charge in [0.05, 0.1) is 11.3 Å². The number of carbonyl (C=O) groups excluding carboxylic acids is 2. The fourth-order valence-electron chi connectivity index (χ4n) is 4.33. The van der Waals surface area contributed by atoms with Gasteiger partial charge in [-0.2, -0.15) is 0 Å². The molecule has 5 rings (SSSR count). The Morgan fingerprint density at radius 1 is 0.857 bits per heavy atom. The third-order valence-electron chi connectivity index (χ3n) is 6.25. The van der Waals surface area contributed by atoms with Crippen LogP contribution in [0, 0.1) is 6.92 Å². The van der Waals surface area contributed by atoms with Gasteiger partial charge < -0.3 is 14.8 Å². The summed E-state index contributed by atoms with van der Waals surface area (Å²) in [6.45, 7) is 5.11. The van der Waals surface area contributed by atoms with E-state index < -0.39 is 0 Å². The SMILES string of the molecule is CCCCc1ccc(N2C(=O)C(Nc3ccc4c(c3)OCCO4)=C(c3ccc(C)cc3)C2=O)cc1. The van der Waals surface area contributed by atoms with Gasteiger partial charge in [0.25, 0.3) is 11.8 Å². The van der Waals surface area contributed by atoms with Crippen molar-refractivity contribution in [3.05, 3.63) is 89.1 Å². The van der Waals surface area contributed by atoms with Gasteiger partial charge in [0.2, 0.25) is 0 Å². The van der Waals surface area contributed by atoms with Crippen LogP contribution in [0.3, 0.4) is 0 Å². The first-order valence-electron chi connectivity index (χ1n) is 12.0. The number of hydrogen-bond acceptors (Lipinski definition) is 5. The molecule has 3 aromatic rings. The van der Waals surface area contributed by atoms with Gasteiger partial charge in [0.15, 0.2) is 11.5 Å². The van der Waals surface area contributed by atoms with Crippen molar-refractivity contribution < 1.29 is 19.1 Å². The first kappa shape index (κ1) is 22.7. The standard InChI is InChI=1S/C29H28N2O4/c1-3-4-5-20-8-13-23(14-9-20)31-28(32)26(21-10-6-19(2)7-11-21)27(29(31)33)30-22-12-15-24-25(18-22)35-17-16-34-24/h6-15,18,30H,3-5,16-17H2,1-2H3. The molecule has 6 heteroatoms. The van der Waals surface area contributed by atoms with E-state index in [4.69, 9.17) is 9.47 Å². The van der Waals surface area contributed by atoms with E-state index in [1.807, 2.05) is 61.5 Å². The van der Waals surface area contributed by atoms with Crippen LogP contribution >= 0.6 is 0 Å². The zero-order valence-electron chi connectivity index (χ0n) is 20.0. The maximum atomic E-state index is 13.7. The molecule has 178 valence electrons. The summed E-state index contributed by atoms with van der Waals surface area (Å²) in [6, 6.07) is 20.7. The maximum Gasteiger partial charge on any atom is 0.282 e. The highest BCUT2D eigenvalue weighted by atomic mass is 16.6. The second kappa shape index (κ2) is 9.66. The van der Waals surface area contributed by atoms with Crippen molar-refractivity contribution in [1.29, 1.82) is 0 Å². The fourth-order valence-corrected chi connectivity index (χ4v) is 4.33. The lowest BCUT2D eigenvalue weighted by molar-refractivity contribution is -0.120. The van der Waals surface area contributed by atoms with Gasteiger partial charge in [-0.25, -0.2) is 4.90 Å². The number of anilines is 2. The van der Waals surface area contributed by atoms with Crippen molar-refractivity contribution >= 4 is 28.8 Å². The summed E-state index contributed by atoms with van der Waals surface area (Å²) in [6.07, 6.45) is 3.19. The van der Waals surface area contributed by atoms with Crippen LogP contribution in [0.15, 0.2) is 72.4 Å². The molecule has 0 saturated heterocycles. The molecule has 6 nitrogen and oxygen atoms in total. The average Bonchev–Trinajstić information content (AvgIpc) is 3.12. The molecule has 0 unspecified atom stereocenters. The first-order valence-corrected chi connectivity index (χ1v) is 12.0. The van der Waals surface area contributed by atoms with Gasteiger partial charge in [-0.3, -0.25) is 9.59 Å². The van der Waals surface area contributed by atoms with E-state index in [2.05, 4.69) is 12.2 Å². The molecule has 2 heterocycles. The van der Waals surface area contributed by atoms with Crippen LogP contribution in [-0.4, -0.2) is 25.0 Å². The number of imide groups is 1. The van der Waals surface area contributed by atoms with Gasteiger partial charge >= 0.3 is 0 Å². The molecular weight excluding hydrogens is 440 g/mol. The van der Waals surface area contributed by atoms with E-state index in [1.54, 1.807) is 12.1 Å². The molecule has 35 heavy (non-hydrogen) atoms. The van der Waals surface area contributed by atoms with E-state index in [-0.39, 0.29) is 17.5 Å². The molecule has 0 spiro atoms. The minimum Gasteiger partial charge on any atom is -0.486 e. The van der Waals surface area contributed by atoms with Gasteiger partial charge in [0.1, 0.15) is 18.9 Å². The highest BCUT2D eigenvalue weighted by Gasteiger charge is 2.40. The summed E-state index contributed by atoms with van der Waals surface area (Å²) in [5.74, 6) is 0.533. The molecule has 3 aromatic carbocycles. The second-order valence-electron chi connectivity index (χ2n) is 8.82. The quantitative estimate of drug-likeness (QED) is 0.464. The van der Waals surface area contributed by atoms with Gasteiger partial charge in [-0.05, 0) is 55.2 Å². The predicted octanol–water partition coefficient (Wildman–Crippen LogP) is 5.51. The first-order chi connectivity index (χ1) is 17.0. The fraction of sp³-hybridized carbons (Fsp3) is 0.241. The van der Waals surface area contributed by atoms with Crippen LogP contribution in [0.1, 0.15) is 36.5 Å².